The van der Waals surface area contributed by atoms with E-state index in [0.717, 1.165) is 12.1 Å². The van der Waals surface area contributed by atoms with Crippen LogP contribution in [0.5, 0.6) is 11.5 Å². The first kappa shape index (κ1) is 14.7. The Hall–Kier alpha value is -2.73. The van der Waals surface area contributed by atoms with Crippen molar-refractivity contribution < 1.29 is 24.9 Å². The van der Waals surface area contributed by atoms with Gasteiger partial charge in [-0.2, -0.15) is 0 Å². The molecule has 7 heteroatoms. The van der Waals surface area contributed by atoms with E-state index in [-0.39, 0.29) is 33.3 Å². The summed E-state index contributed by atoms with van der Waals surface area (Å²) in [4.78, 5) is 23.2. The van der Waals surface area contributed by atoms with Gasteiger partial charge in [0.2, 0.25) is 0 Å². The third-order valence-electron chi connectivity index (χ3n) is 2.68. The first-order valence-electron chi connectivity index (χ1n) is 5.74. The van der Waals surface area contributed by atoms with E-state index in [2.05, 4.69) is 5.32 Å². The number of carboxylic acid groups (broad SMARTS) is 1. The van der Waals surface area contributed by atoms with Crippen LogP contribution in [-0.4, -0.2) is 27.2 Å². The van der Waals surface area contributed by atoms with Crippen molar-refractivity contribution in [3.63, 3.8) is 0 Å². The van der Waals surface area contributed by atoms with E-state index in [1.807, 2.05) is 0 Å². The number of aromatic carboxylic acids is 1. The highest BCUT2D eigenvalue weighted by molar-refractivity contribution is 6.31. The van der Waals surface area contributed by atoms with Crippen LogP contribution in [0.2, 0.25) is 5.02 Å². The van der Waals surface area contributed by atoms with E-state index in [0.29, 0.717) is 0 Å². The van der Waals surface area contributed by atoms with Gasteiger partial charge in [-0.15, -0.1) is 0 Å². The minimum Gasteiger partial charge on any atom is -0.508 e. The standard InChI is InChI=1S/C14H10ClNO5/c15-7-1-3-11(9(5-7)14(20)21)16-13(19)10-6-8(17)2-4-12(10)18/h1-6,17-18H,(H,16,19)(H,20,21). The lowest BCUT2D eigenvalue weighted by Gasteiger charge is -2.10. The first-order valence-corrected chi connectivity index (χ1v) is 6.12. The second-order valence-corrected chi connectivity index (χ2v) is 4.59. The highest BCUT2D eigenvalue weighted by Crippen LogP contribution is 2.25. The Bertz CT molecular complexity index is 729. The predicted molar refractivity (Wildman–Crippen MR) is 76.1 cm³/mol. The molecule has 4 N–H and O–H groups in total. The van der Waals surface area contributed by atoms with Gasteiger partial charge in [-0.3, -0.25) is 4.79 Å². The zero-order valence-electron chi connectivity index (χ0n) is 10.5. The molecule has 1 amide bonds. The van der Waals surface area contributed by atoms with Gasteiger partial charge in [-0.05, 0) is 36.4 Å². The molecule has 0 aliphatic carbocycles. The number of halogens is 1. The lowest BCUT2D eigenvalue weighted by Crippen LogP contribution is -2.15. The minimum atomic E-state index is -1.26. The molecule has 0 heterocycles. The smallest absolute Gasteiger partial charge is 0.337 e. The van der Waals surface area contributed by atoms with Crippen LogP contribution in [0, 0.1) is 0 Å². The summed E-state index contributed by atoms with van der Waals surface area (Å²) in [7, 11) is 0. The molecule has 0 saturated carbocycles. The van der Waals surface area contributed by atoms with Gasteiger partial charge in [0.15, 0.2) is 0 Å². The SMILES string of the molecule is O=C(Nc1ccc(Cl)cc1C(=O)O)c1cc(O)ccc1O. The molecule has 0 atom stereocenters. The van der Waals surface area contributed by atoms with Gasteiger partial charge >= 0.3 is 5.97 Å². The van der Waals surface area contributed by atoms with Crippen LogP contribution in [-0.2, 0) is 0 Å². The monoisotopic (exact) mass is 307 g/mol. The van der Waals surface area contributed by atoms with Crippen molar-refractivity contribution >= 4 is 29.2 Å². The summed E-state index contributed by atoms with van der Waals surface area (Å²) in [5.41, 5.74) is -0.337. The molecule has 108 valence electrons. The normalized spacial score (nSPS) is 10.1. The maximum Gasteiger partial charge on any atom is 0.337 e. The molecule has 2 aromatic rings. The fraction of sp³-hybridized carbons (Fsp3) is 0. The summed E-state index contributed by atoms with van der Waals surface area (Å²) < 4.78 is 0. The van der Waals surface area contributed by atoms with Crippen LogP contribution in [0.25, 0.3) is 0 Å². The number of phenolic OH excluding ortho intramolecular Hbond substituents is 2. The lowest BCUT2D eigenvalue weighted by molar-refractivity contribution is 0.0698. The van der Waals surface area contributed by atoms with Gasteiger partial charge in [-0.1, -0.05) is 11.6 Å². The molecule has 0 aromatic heterocycles. The van der Waals surface area contributed by atoms with E-state index >= 15 is 0 Å². The number of nitrogens with one attached hydrogen (secondary N) is 1. The molecule has 2 aromatic carbocycles. The summed E-state index contributed by atoms with van der Waals surface area (Å²) in [6.07, 6.45) is 0. The molecule has 0 radical (unpaired) electrons. The number of phenols is 2. The zero-order chi connectivity index (χ0) is 15.6. The lowest BCUT2D eigenvalue weighted by atomic mass is 10.1. The van der Waals surface area contributed by atoms with Crippen LogP contribution in [0.1, 0.15) is 20.7 Å². The third-order valence-corrected chi connectivity index (χ3v) is 2.92. The van der Waals surface area contributed by atoms with Crippen molar-refractivity contribution in [3.05, 3.63) is 52.5 Å². The number of hydrogen-bond acceptors (Lipinski definition) is 4. The highest BCUT2D eigenvalue weighted by atomic mass is 35.5. The van der Waals surface area contributed by atoms with Crippen molar-refractivity contribution in [3.8, 4) is 11.5 Å². The van der Waals surface area contributed by atoms with Gasteiger partial charge in [0.25, 0.3) is 5.91 Å². The number of hydrogen-bond donors (Lipinski definition) is 4. The van der Waals surface area contributed by atoms with Crippen molar-refractivity contribution in [2.24, 2.45) is 0 Å². The number of benzene rings is 2. The van der Waals surface area contributed by atoms with Crippen molar-refractivity contribution in [1.29, 1.82) is 0 Å². The minimum absolute atomic E-state index is 0.0274. The topological polar surface area (TPSA) is 107 Å². The van der Waals surface area contributed by atoms with Crippen LogP contribution >= 0.6 is 11.6 Å². The molecule has 6 nitrogen and oxygen atoms in total. The summed E-state index contributed by atoms with van der Waals surface area (Å²) in [5.74, 6) is -2.55. The first-order chi connectivity index (χ1) is 9.88. The summed E-state index contributed by atoms with van der Waals surface area (Å²) >= 11 is 5.71. The van der Waals surface area contributed by atoms with Crippen molar-refractivity contribution in [2.75, 3.05) is 5.32 Å². The summed E-state index contributed by atoms with van der Waals surface area (Å²) in [6.45, 7) is 0. The number of aromatic hydroxyl groups is 2. The van der Waals surface area contributed by atoms with Crippen LogP contribution in [0.15, 0.2) is 36.4 Å². The van der Waals surface area contributed by atoms with Crippen LogP contribution in [0.3, 0.4) is 0 Å². The number of carboxylic acids is 1. The Labute approximate surface area is 124 Å². The molecule has 0 aliphatic heterocycles. The molecule has 0 bridgehead atoms. The van der Waals surface area contributed by atoms with Crippen LogP contribution in [0.4, 0.5) is 5.69 Å². The van der Waals surface area contributed by atoms with E-state index in [4.69, 9.17) is 16.7 Å². The number of anilines is 1. The quantitative estimate of drug-likeness (QED) is 0.652. The maximum atomic E-state index is 12.0. The fourth-order valence-electron chi connectivity index (χ4n) is 1.70. The molecule has 0 fully saturated rings. The van der Waals surface area contributed by atoms with E-state index in [9.17, 15) is 19.8 Å². The molecule has 0 aliphatic rings. The Morgan fingerprint density at radius 1 is 1.00 bits per heavy atom. The van der Waals surface area contributed by atoms with Gasteiger partial charge < -0.3 is 20.6 Å². The summed E-state index contributed by atoms with van der Waals surface area (Å²) in [5, 5.41) is 30.6. The number of amides is 1. The van der Waals surface area contributed by atoms with Crippen molar-refractivity contribution in [1.82, 2.24) is 0 Å². The maximum absolute atomic E-state index is 12.0. The molecule has 0 spiro atoms. The predicted octanol–water partition coefficient (Wildman–Crippen LogP) is 2.70. The Balaban J connectivity index is 2.36. The summed E-state index contributed by atoms with van der Waals surface area (Å²) in [6, 6.07) is 7.40. The number of carbonyl (C=O) groups excluding carboxylic acids is 1. The van der Waals surface area contributed by atoms with Gasteiger partial charge in [0.05, 0.1) is 16.8 Å². The Morgan fingerprint density at radius 3 is 2.38 bits per heavy atom. The molecule has 2 rings (SSSR count). The van der Waals surface area contributed by atoms with Gasteiger partial charge in [-0.25, -0.2) is 4.79 Å². The average Bonchev–Trinajstić information content (AvgIpc) is 2.43. The van der Waals surface area contributed by atoms with Crippen LogP contribution < -0.4 is 5.32 Å². The molecule has 21 heavy (non-hydrogen) atoms. The van der Waals surface area contributed by atoms with Gasteiger partial charge in [0.1, 0.15) is 11.5 Å². The zero-order valence-corrected chi connectivity index (χ0v) is 11.3. The Morgan fingerprint density at radius 2 is 1.71 bits per heavy atom. The van der Waals surface area contributed by atoms with E-state index in [1.165, 1.54) is 24.3 Å². The van der Waals surface area contributed by atoms with E-state index in [1.54, 1.807) is 0 Å². The highest BCUT2D eigenvalue weighted by Gasteiger charge is 2.16. The third kappa shape index (κ3) is 3.24. The second-order valence-electron chi connectivity index (χ2n) is 4.15. The second kappa shape index (κ2) is 5.72. The number of rotatable bonds is 3. The molecule has 0 saturated heterocycles. The molecule has 0 unspecified atom stereocenters. The van der Waals surface area contributed by atoms with Gasteiger partial charge in [0, 0.05) is 5.02 Å². The van der Waals surface area contributed by atoms with E-state index < -0.39 is 11.9 Å². The Kier molecular flexibility index (Phi) is 4.00. The average molecular weight is 308 g/mol. The molecular formula is C14H10ClNO5. The fourth-order valence-corrected chi connectivity index (χ4v) is 1.87. The number of carbonyl (C=O) groups is 2. The van der Waals surface area contributed by atoms with Crippen molar-refractivity contribution in [2.45, 2.75) is 0 Å². The largest absolute Gasteiger partial charge is 0.508 e. The molecular weight excluding hydrogens is 298 g/mol.